The van der Waals surface area contributed by atoms with Gasteiger partial charge in [0.1, 0.15) is 11.4 Å². The van der Waals surface area contributed by atoms with Crippen LogP contribution in [0.2, 0.25) is 5.02 Å². The Morgan fingerprint density at radius 3 is 2.92 bits per heavy atom. The van der Waals surface area contributed by atoms with Crippen LogP contribution in [0.4, 0.5) is 5.69 Å². The molecule has 0 unspecified atom stereocenters. The summed E-state index contributed by atoms with van der Waals surface area (Å²) in [6.07, 6.45) is 1.77. The Bertz CT molecular complexity index is 960. The highest BCUT2D eigenvalue weighted by atomic mass is 35.5. The Balaban J connectivity index is 2.07. The summed E-state index contributed by atoms with van der Waals surface area (Å²) in [5.41, 5.74) is 1.90. The Kier molecular flexibility index (Phi) is 5.67. The van der Waals surface area contributed by atoms with Gasteiger partial charge in [0.05, 0.1) is 24.6 Å². The van der Waals surface area contributed by atoms with Gasteiger partial charge in [-0.05, 0) is 48.2 Å². The molecular weight excluding hydrogens is 390 g/mol. The second-order valence-electron chi connectivity index (χ2n) is 5.30. The van der Waals surface area contributed by atoms with Gasteiger partial charge in [-0.15, -0.1) is 11.3 Å². The standard InChI is InChI=1S/C18H14ClN3O2S2/c1-11-5-7-25-16(11)10-13-17(23)22(18(21-13)26-8-6-20)14-9-12(19)3-4-15(14)24-2/h3-5,7,9-10H,8H2,1-2H3/b13-10+. The molecule has 0 saturated carbocycles. The quantitative estimate of drug-likeness (QED) is 0.693. The molecule has 0 bridgehead atoms. The molecule has 2 heterocycles. The highest BCUT2D eigenvalue weighted by Crippen LogP contribution is 2.37. The van der Waals surface area contributed by atoms with Crippen LogP contribution in [0.25, 0.3) is 6.08 Å². The number of benzene rings is 1. The number of thiophene rings is 1. The minimum atomic E-state index is -0.279. The first-order valence-electron chi connectivity index (χ1n) is 7.57. The lowest BCUT2D eigenvalue weighted by Gasteiger charge is -2.20. The first kappa shape index (κ1) is 18.5. The van der Waals surface area contributed by atoms with Crippen molar-refractivity contribution in [2.24, 2.45) is 4.99 Å². The van der Waals surface area contributed by atoms with Crippen molar-refractivity contribution in [3.8, 4) is 11.8 Å². The van der Waals surface area contributed by atoms with E-state index in [0.29, 0.717) is 27.3 Å². The van der Waals surface area contributed by atoms with Crippen molar-refractivity contribution in [2.75, 3.05) is 17.8 Å². The van der Waals surface area contributed by atoms with Crippen molar-refractivity contribution in [1.82, 2.24) is 0 Å². The third-order valence-electron chi connectivity index (χ3n) is 3.65. The van der Waals surface area contributed by atoms with Crippen LogP contribution in [0.3, 0.4) is 0 Å². The number of aliphatic imine (C=N–C) groups is 1. The fraction of sp³-hybridized carbons (Fsp3) is 0.167. The molecule has 0 radical (unpaired) electrons. The zero-order valence-electron chi connectivity index (χ0n) is 14.0. The third-order valence-corrected chi connectivity index (χ3v) is 5.65. The van der Waals surface area contributed by atoms with Crippen LogP contribution in [0.1, 0.15) is 10.4 Å². The Labute approximate surface area is 164 Å². The van der Waals surface area contributed by atoms with E-state index in [4.69, 9.17) is 21.6 Å². The van der Waals surface area contributed by atoms with E-state index >= 15 is 0 Å². The molecule has 1 aromatic heterocycles. The summed E-state index contributed by atoms with van der Waals surface area (Å²) in [6, 6.07) is 9.09. The molecule has 2 aromatic rings. The van der Waals surface area contributed by atoms with E-state index < -0.39 is 0 Å². The molecule has 8 heteroatoms. The molecule has 0 N–H and O–H groups in total. The maximum atomic E-state index is 13.0. The van der Waals surface area contributed by atoms with E-state index in [1.807, 2.05) is 18.4 Å². The van der Waals surface area contributed by atoms with E-state index in [1.165, 1.54) is 23.8 Å². The number of halogens is 1. The monoisotopic (exact) mass is 403 g/mol. The lowest BCUT2D eigenvalue weighted by atomic mass is 10.2. The van der Waals surface area contributed by atoms with Crippen molar-refractivity contribution in [1.29, 1.82) is 5.26 Å². The zero-order valence-corrected chi connectivity index (χ0v) is 16.4. The van der Waals surface area contributed by atoms with Gasteiger partial charge in [-0.25, -0.2) is 9.89 Å². The fourth-order valence-corrected chi connectivity index (χ4v) is 4.08. The van der Waals surface area contributed by atoms with Crippen molar-refractivity contribution < 1.29 is 9.53 Å². The van der Waals surface area contributed by atoms with Crippen LogP contribution in [0.5, 0.6) is 5.75 Å². The number of carbonyl (C=O) groups excluding carboxylic acids is 1. The lowest BCUT2D eigenvalue weighted by molar-refractivity contribution is -0.113. The summed E-state index contributed by atoms with van der Waals surface area (Å²) in [4.78, 5) is 19.9. The molecular formula is C18H14ClN3O2S2. The molecule has 0 aliphatic carbocycles. The fourth-order valence-electron chi connectivity index (χ4n) is 2.40. The van der Waals surface area contributed by atoms with Gasteiger partial charge in [0, 0.05) is 9.90 Å². The lowest BCUT2D eigenvalue weighted by Crippen LogP contribution is -2.30. The van der Waals surface area contributed by atoms with Gasteiger partial charge in [0.15, 0.2) is 5.17 Å². The van der Waals surface area contributed by atoms with Crippen LogP contribution >= 0.6 is 34.7 Å². The molecule has 26 heavy (non-hydrogen) atoms. The van der Waals surface area contributed by atoms with Gasteiger partial charge in [0.2, 0.25) is 0 Å². The number of amides is 1. The van der Waals surface area contributed by atoms with Crippen molar-refractivity contribution in [2.45, 2.75) is 6.92 Å². The highest BCUT2D eigenvalue weighted by Gasteiger charge is 2.34. The van der Waals surface area contributed by atoms with E-state index in [0.717, 1.165) is 10.4 Å². The maximum Gasteiger partial charge on any atom is 0.283 e. The molecule has 5 nitrogen and oxygen atoms in total. The highest BCUT2D eigenvalue weighted by molar-refractivity contribution is 8.14. The number of thioether (sulfide) groups is 1. The predicted octanol–water partition coefficient (Wildman–Crippen LogP) is 4.72. The van der Waals surface area contributed by atoms with Crippen LogP contribution in [0.15, 0.2) is 40.3 Å². The number of nitrogens with zero attached hydrogens (tertiary/aromatic N) is 3. The SMILES string of the molecule is COc1ccc(Cl)cc1N1C(=O)/C(=C\c2sccc2C)N=C1SCC#N. The molecule has 132 valence electrons. The van der Waals surface area contributed by atoms with E-state index in [1.54, 1.807) is 35.6 Å². The Hall–Kier alpha value is -2.27. The first-order valence-corrected chi connectivity index (χ1v) is 9.81. The minimum absolute atomic E-state index is 0.177. The molecule has 0 spiro atoms. The number of hydrogen-bond donors (Lipinski definition) is 0. The van der Waals surface area contributed by atoms with Crippen LogP contribution < -0.4 is 9.64 Å². The number of amidine groups is 1. The third kappa shape index (κ3) is 3.63. The second kappa shape index (κ2) is 7.96. The van der Waals surface area contributed by atoms with E-state index in [2.05, 4.69) is 11.1 Å². The van der Waals surface area contributed by atoms with Crippen molar-refractivity contribution in [3.05, 3.63) is 50.8 Å². The minimum Gasteiger partial charge on any atom is -0.495 e. The van der Waals surface area contributed by atoms with Gasteiger partial charge >= 0.3 is 0 Å². The number of nitriles is 1. The van der Waals surface area contributed by atoms with Crippen LogP contribution in [-0.4, -0.2) is 23.9 Å². The number of anilines is 1. The van der Waals surface area contributed by atoms with Gasteiger partial charge in [-0.2, -0.15) is 5.26 Å². The molecule has 0 fully saturated rings. The van der Waals surface area contributed by atoms with Gasteiger partial charge in [0.25, 0.3) is 5.91 Å². The van der Waals surface area contributed by atoms with Gasteiger partial charge in [-0.3, -0.25) is 4.79 Å². The number of ether oxygens (including phenoxy) is 1. The van der Waals surface area contributed by atoms with Crippen molar-refractivity contribution >= 4 is 57.5 Å². The van der Waals surface area contributed by atoms with Crippen molar-refractivity contribution in [3.63, 3.8) is 0 Å². The molecule has 0 atom stereocenters. The molecule has 3 rings (SSSR count). The number of aryl methyl sites for hydroxylation is 1. The summed E-state index contributed by atoms with van der Waals surface area (Å²) in [7, 11) is 1.53. The predicted molar refractivity (Wildman–Crippen MR) is 108 cm³/mol. The molecule has 0 saturated heterocycles. The number of rotatable bonds is 4. The average molecular weight is 404 g/mol. The molecule has 1 aromatic carbocycles. The summed E-state index contributed by atoms with van der Waals surface area (Å²) >= 11 is 8.86. The number of methoxy groups -OCH3 is 1. The molecule has 1 aliphatic heterocycles. The average Bonchev–Trinajstić information content (AvgIpc) is 3.17. The maximum absolute atomic E-state index is 13.0. The van der Waals surface area contributed by atoms with Crippen LogP contribution in [0, 0.1) is 18.3 Å². The van der Waals surface area contributed by atoms with E-state index in [9.17, 15) is 4.79 Å². The smallest absolute Gasteiger partial charge is 0.283 e. The van der Waals surface area contributed by atoms with E-state index in [-0.39, 0.29) is 11.7 Å². The first-order chi connectivity index (χ1) is 12.5. The second-order valence-corrected chi connectivity index (χ2v) is 7.62. The topological polar surface area (TPSA) is 65.7 Å². The van der Waals surface area contributed by atoms with Crippen LogP contribution in [-0.2, 0) is 4.79 Å². The summed E-state index contributed by atoms with van der Waals surface area (Å²) in [5, 5.41) is 11.8. The van der Waals surface area contributed by atoms with Gasteiger partial charge in [-0.1, -0.05) is 23.4 Å². The Morgan fingerprint density at radius 1 is 1.46 bits per heavy atom. The molecule has 1 amide bonds. The Morgan fingerprint density at radius 2 is 2.27 bits per heavy atom. The molecule has 1 aliphatic rings. The summed E-state index contributed by atoms with van der Waals surface area (Å²) in [5.74, 6) is 0.400. The summed E-state index contributed by atoms with van der Waals surface area (Å²) in [6.45, 7) is 1.98. The largest absolute Gasteiger partial charge is 0.495 e. The number of hydrogen-bond acceptors (Lipinski definition) is 6. The number of carbonyl (C=O) groups is 1. The normalized spacial score (nSPS) is 15.3. The van der Waals surface area contributed by atoms with Gasteiger partial charge < -0.3 is 4.74 Å². The zero-order chi connectivity index (χ0) is 18.7. The summed E-state index contributed by atoms with van der Waals surface area (Å²) < 4.78 is 5.37.